The lowest BCUT2D eigenvalue weighted by molar-refractivity contribution is -0.295. The van der Waals surface area contributed by atoms with Crippen LogP contribution in [-0.2, 0) is 33.3 Å². The number of nitrogens with one attached hydrogen (secondary N) is 1. The molecule has 47 heavy (non-hydrogen) atoms. The van der Waals surface area contributed by atoms with Gasteiger partial charge >= 0.3 is 5.97 Å². The van der Waals surface area contributed by atoms with Gasteiger partial charge in [0, 0.05) is 36.6 Å². The molecule has 0 bridgehead atoms. The summed E-state index contributed by atoms with van der Waals surface area (Å²) < 4.78 is 24.5. The highest BCUT2D eigenvalue weighted by atomic mass is 16.7. The highest BCUT2D eigenvalue weighted by Crippen LogP contribution is 2.38. The summed E-state index contributed by atoms with van der Waals surface area (Å²) in [7, 11) is 5.21. The number of ether oxygens (including phenoxy) is 4. The zero-order chi connectivity index (χ0) is 36.2. The van der Waals surface area contributed by atoms with Crippen molar-refractivity contribution >= 4 is 23.4 Å². The minimum absolute atomic E-state index is 0.153. The maximum Gasteiger partial charge on any atom is 0.316 e. The first-order chi connectivity index (χ1) is 21.6. The minimum Gasteiger partial charge on any atom is -0.459 e. The lowest BCUT2D eigenvalue weighted by Crippen LogP contribution is -2.60. The fraction of sp³-hybridized carbons (Fsp3) is 0.882. The summed E-state index contributed by atoms with van der Waals surface area (Å²) in [6, 6.07) is -0.278. The number of carbonyl (C=O) groups is 3. The third-order valence-corrected chi connectivity index (χ3v) is 10.2. The molecule has 2 heterocycles. The molecule has 0 radical (unpaired) electrons. The van der Waals surface area contributed by atoms with Gasteiger partial charge in [0.25, 0.3) is 0 Å². The minimum atomic E-state index is -1.94. The van der Waals surface area contributed by atoms with Gasteiger partial charge in [0.1, 0.15) is 23.7 Å². The number of aliphatic hydroxyl groups is 3. The van der Waals surface area contributed by atoms with E-state index in [2.05, 4.69) is 10.5 Å². The number of methoxy groups -OCH3 is 1. The van der Waals surface area contributed by atoms with Crippen molar-refractivity contribution in [1.82, 2.24) is 10.3 Å². The molecule has 0 saturated carbocycles. The number of carbonyl (C=O) groups excluding carboxylic acids is 3. The highest BCUT2D eigenvalue weighted by molar-refractivity contribution is 6.00. The summed E-state index contributed by atoms with van der Waals surface area (Å²) in [5.41, 5.74) is -0.243. The number of rotatable bonds is 7. The number of hydrogen-bond donors (Lipinski definition) is 4. The predicted octanol–water partition coefficient (Wildman–Crippen LogP) is 2.28. The van der Waals surface area contributed by atoms with Crippen LogP contribution in [0.5, 0.6) is 0 Å². The molecule has 2 aliphatic heterocycles. The van der Waals surface area contributed by atoms with Crippen molar-refractivity contribution in [2.24, 2.45) is 34.7 Å². The monoisotopic (exact) mass is 671 g/mol. The average Bonchev–Trinajstić information content (AvgIpc) is 3.00. The third kappa shape index (κ3) is 9.37. The smallest absolute Gasteiger partial charge is 0.316 e. The molecule has 0 aromatic carbocycles. The molecule has 0 aromatic heterocycles. The van der Waals surface area contributed by atoms with Crippen LogP contribution in [0.2, 0.25) is 0 Å². The molecule has 1 amide bonds. The van der Waals surface area contributed by atoms with Crippen molar-refractivity contribution < 1.29 is 48.7 Å². The zero-order valence-corrected chi connectivity index (χ0v) is 30.6. The summed E-state index contributed by atoms with van der Waals surface area (Å²) in [4.78, 5) is 42.0. The molecule has 4 unspecified atom stereocenters. The molecule has 0 aromatic rings. The van der Waals surface area contributed by atoms with Crippen molar-refractivity contribution in [3.63, 3.8) is 0 Å². The van der Waals surface area contributed by atoms with Gasteiger partial charge in [0.2, 0.25) is 5.91 Å². The molecule has 2 saturated heterocycles. The fourth-order valence-electron chi connectivity index (χ4n) is 6.90. The first-order valence-electron chi connectivity index (χ1n) is 16.9. The Hall–Kier alpha value is -2.00. The molecule has 2 rings (SSSR count). The molecule has 0 spiro atoms. The largest absolute Gasteiger partial charge is 0.459 e. The van der Waals surface area contributed by atoms with Gasteiger partial charge in [-0.25, -0.2) is 5.43 Å². The number of ketones is 1. The lowest BCUT2D eigenvalue weighted by atomic mass is 9.74. The zero-order valence-electron chi connectivity index (χ0n) is 30.6. The summed E-state index contributed by atoms with van der Waals surface area (Å²) in [6.07, 6.45) is -5.21. The third-order valence-electron chi connectivity index (χ3n) is 10.2. The van der Waals surface area contributed by atoms with E-state index in [9.17, 15) is 29.7 Å². The summed E-state index contributed by atoms with van der Waals surface area (Å²) in [6.45, 7) is 16.8. The number of Topliss-reactive ketones (excluding diaryl/α,β-unsaturated/α-hetero) is 1. The summed E-state index contributed by atoms with van der Waals surface area (Å²) in [5, 5.41) is 39.0. The van der Waals surface area contributed by atoms with E-state index in [0.29, 0.717) is 12.1 Å². The Balaban J connectivity index is 2.76. The molecular weight excluding hydrogens is 610 g/mol. The molecule has 13 nitrogen and oxygen atoms in total. The normalized spacial score (nSPS) is 42.3. The maximum absolute atomic E-state index is 14.0. The van der Waals surface area contributed by atoms with Crippen molar-refractivity contribution in [3.8, 4) is 0 Å². The van der Waals surface area contributed by atoms with Gasteiger partial charge in [-0.15, -0.1) is 0 Å². The second-order valence-corrected chi connectivity index (χ2v) is 14.6. The maximum atomic E-state index is 14.0. The van der Waals surface area contributed by atoms with E-state index in [4.69, 9.17) is 18.9 Å². The Kier molecular flexibility index (Phi) is 14.5. The van der Waals surface area contributed by atoms with Crippen molar-refractivity contribution in [2.45, 2.75) is 143 Å². The van der Waals surface area contributed by atoms with Crippen molar-refractivity contribution in [3.05, 3.63) is 0 Å². The van der Waals surface area contributed by atoms with E-state index in [1.165, 1.54) is 21.0 Å². The quantitative estimate of drug-likeness (QED) is 0.177. The summed E-state index contributed by atoms with van der Waals surface area (Å²) >= 11 is 0. The molecule has 272 valence electrons. The van der Waals surface area contributed by atoms with Gasteiger partial charge in [0.15, 0.2) is 12.1 Å². The van der Waals surface area contributed by atoms with Gasteiger partial charge in [0.05, 0.1) is 23.9 Å². The van der Waals surface area contributed by atoms with Crippen molar-refractivity contribution in [1.29, 1.82) is 0 Å². The Morgan fingerprint density at radius 2 is 1.70 bits per heavy atom. The Morgan fingerprint density at radius 1 is 1.11 bits per heavy atom. The first-order valence-corrected chi connectivity index (χ1v) is 16.9. The first kappa shape index (κ1) is 41.2. The second-order valence-electron chi connectivity index (χ2n) is 14.6. The van der Waals surface area contributed by atoms with E-state index in [1.807, 2.05) is 32.8 Å². The molecule has 13 atom stereocenters. The number of amides is 1. The molecule has 2 fully saturated rings. The molecule has 2 aliphatic rings. The summed E-state index contributed by atoms with van der Waals surface area (Å²) in [5.74, 6) is -5.58. The van der Waals surface area contributed by atoms with Crippen LogP contribution in [0, 0.1) is 29.6 Å². The number of hydrazone groups is 1. The molecule has 0 aliphatic carbocycles. The van der Waals surface area contributed by atoms with Gasteiger partial charge in [-0.1, -0.05) is 41.5 Å². The standard InChI is InChI=1S/C34H61N3O10/c1-14-24-34(10,43)28(40)20(6)25(35-36-30(41)17(2)3)18(4)16-33(9,44-13)29(21(7)26(38)22(8)31(42)46-24)47-32-27(39)23(37(11)12)15-19(5)45-32/h17-24,27-29,32,39-40,43H,14-16H2,1-13H3,(H,36,41)/b35-25+/t18-,19?,20+,21+,22-,23?,24-,27?,28-,29-,32?,33-,34-/m1/s1. The van der Waals surface area contributed by atoms with Crippen LogP contribution in [0.25, 0.3) is 0 Å². The fourth-order valence-corrected chi connectivity index (χ4v) is 6.90. The van der Waals surface area contributed by atoms with Gasteiger partial charge < -0.3 is 39.2 Å². The molecule has 4 N–H and O–H groups in total. The van der Waals surface area contributed by atoms with E-state index < -0.39 is 77.3 Å². The number of nitrogens with zero attached hydrogens (tertiary/aromatic N) is 2. The predicted molar refractivity (Wildman–Crippen MR) is 176 cm³/mol. The Morgan fingerprint density at radius 3 is 2.21 bits per heavy atom. The number of hydrogen-bond acceptors (Lipinski definition) is 12. The number of likely N-dealkylation sites (N-methyl/N-ethyl adjacent to an activating group) is 1. The van der Waals surface area contributed by atoms with Crippen LogP contribution in [0.15, 0.2) is 5.10 Å². The number of cyclic esters (lactones) is 1. The van der Waals surface area contributed by atoms with Crippen LogP contribution in [-0.4, -0.2) is 119 Å². The van der Waals surface area contributed by atoms with E-state index >= 15 is 0 Å². The van der Waals surface area contributed by atoms with Crippen molar-refractivity contribution in [2.75, 3.05) is 21.2 Å². The molecule has 13 heteroatoms. The second kappa shape index (κ2) is 16.6. The van der Waals surface area contributed by atoms with Crippen LogP contribution in [0.3, 0.4) is 0 Å². The lowest BCUT2D eigenvalue weighted by Gasteiger charge is -2.47. The van der Waals surface area contributed by atoms with E-state index in [1.54, 1.807) is 41.5 Å². The Bertz CT molecular complexity index is 1110. The van der Waals surface area contributed by atoms with Gasteiger partial charge in [-0.3, -0.25) is 14.4 Å². The SMILES string of the molecule is CC[C@H]1OC(=O)[C@H](C)C(=O)[C@H](C)[C@@H](OC2OC(C)CC(N(C)C)C2O)[C@](C)(OC)C[C@@H](C)/C(=N\NC(=O)C(C)C)[C@H](C)[C@@H](O)[C@]1(C)O. The van der Waals surface area contributed by atoms with Crippen LogP contribution >= 0.6 is 0 Å². The Labute approximate surface area is 280 Å². The highest BCUT2D eigenvalue weighted by Gasteiger charge is 2.51. The van der Waals surface area contributed by atoms with Gasteiger partial charge in [-0.2, -0.15) is 5.10 Å². The molecular formula is C34H61N3O10. The topological polar surface area (TPSA) is 176 Å². The number of aliphatic hydroxyl groups excluding tert-OH is 2. The van der Waals surface area contributed by atoms with E-state index in [0.717, 1.165) is 0 Å². The van der Waals surface area contributed by atoms with Crippen LogP contribution in [0.4, 0.5) is 0 Å². The van der Waals surface area contributed by atoms with Crippen LogP contribution < -0.4 is 5.43 Å². The van der Waals surface area contributed by atoms with Crippen LogP contribution in [0.1, 0.15) is 88.5 Å². The van der Waals surface area contributed by atoms with Gasteiger partial charge in [-0.05, 0) is 67.0 Å². The average molecular weight is 672 g/mol. The number of esters is 1. The van der Waals surface area contributed by atoms with E-state index in [-0.39, 0.29) is 36.8 Å².